The number of ketones is 1. The van der Waals surface area contributed by atoms with Crippen molar-refractivity contribution in [2.45, 2.75) is 26.2 Å². The zero-order valence-electron chi connectivity index (χ0n) is 17.1. The van der Waals surface area contributed by atoms with Crippen LogP contribution in [0.15, 0.2) is 60.7 Å². The van der Waals surface area contributed by atoms with Crippen LogP contribution < -0.4 is 0 Å². The Labute approximate surface area is 179 Å². The van der Waals surface area contributed by atoms with E-state index in [4.69, 9.17) is 5.10 Å². The Morgan fingerprint density at radius 2 is 1.84 bits per heavy atom. The second kappa shape index (κ2) is 7.87. The van der Waals surface area contributed by atoms with Gasteiger partial charge in [-0.05, 0) is 42.0 Å². The first kappa shape index (κ1) is 19.3. The van der Waals surface area contributed by atoms with Crippen molar-refractivity contribution in [2.24, 2.45) is 5.92 Å². The summed E-state index contributed by atoms with van der Waals surface area (Å²) in [5.41, 5.74) is 5.41. The lowest BCUT2D eigenvalue weighted by Gasteiger charge is -2.20. The molecule has 0 fully saturated rings. The summed E-state index contributed by atoms with van der Waals surface area (Å²) in [5, 5.41) is 13.4. The van der Waals surface area contributed by atoms with Gasteiger partial charge in [0.05, 0.1) is 17.0 Å². The lowest BCUT2D eigenvalue weighted by molar-refractivity contribution is 0.0950. The van der Waals surface area contributed by atoms with Crippen LogP contribution in [-0.2, 0) is 12.8 Å². The van der Waals surface area contributed by atoms with Crippen molar-refractivity contribution < 1.29 is 9.18 Å². The van der Waals surface area contributed by atoms with Gasteiger partial charge in [0, 0.05) is 6.42 Å². The number of aromatic nitrogens is 4. The number of allylic oxidation sites excluding steroid dienone is 1. The Morgan fingerprint density at radius 1 is 1.06 bits per heavy atom. The zero-order chi connectivity index (χ0) is 21.4. The molecule has 0 saturated carbocycles. The van der Waals surface area contributed by atoms with Crippen LogP contribution in [0.4, 0.5) is 4.39 Å². The number of Topliss-reactive ketones (excluding diaryl/α,β-unsaturated/α-hetero) is 1. The first-order chi connectivity index (χ1) is 15.1. The number of nitrogens with zero attached hydrogens (tertiary/aromatic N) is 4. The quantitative estimate of drug-likeness (QED) is 0.476. The van der Waals surface area contributed by atoms with E-state index in [9.17, 15) is 9.18 Å². The van der Waals surface area contributed by atoms with Gasteiger partial charge in [-0.15, -0.1) is 10.2 Å². The number of rotatable bonds is 4. The van der Waals surface area contributed by atoms with Crippen LogP contribution in [0.5, 0.6) is 0 Å². The first-order valence-electron chi connectivity index (χ1n) is 10.4. The fourth-order valence-electron chi connectivity index (χ4n) is 4.15. The molecule has 2 aromatic heterocycles. The number of benzene rings is 2. The predicted molar refractivity (Wildman–Crippen MR) is 117 cm³/mol. The Balaban J connectivity index is 1.58. The van der Waals surface area contributed by atoms with Crippen molar-refractivity contribution in [1.82, 2.24) is 19.8 Å². The van der Waals surface area contributed by atoms with Crippen molar-refractivity contribution in [3.63, 3.8) is 0 Å². The Bertz CT molecular complexity index is 1290. The largest absolute Gasteiger partial charge is 0.292 e. The van der Waals surface area contributed by atoms with Crippen LogP contribution in [0.2, 0.25) is 0 Å². The second-order valence-electron chi connectivity index (χ2n) is 7.77. The van der Waals surface area contributed by atoms with E-state index >= 15 is 0 Å². The lowest BCUT2D eigenvalue weighted by Crippen LogP contribution is -2.24. The van der Waals surface area contributed by atoms with Crippen molar-refractivity contribution in [3.05, 3.63) is 89.1 Å². The molecule has 5 rings (SSSR count). The van der Waals surface area contributed by atoms with Gasteiger partial charge in [0.2, 0.25) is 0 Å². The molecule has 31 heavy (non-hydrogen) atoms. The normalized spacial score (nSPS) is 16.2. The van der Waals surface area contributed by atoms with Gasteiger partial charge < -0.3 is 0 Å². The second-order valence-corrected chi connectivity index (χ2v) is 7.77. The maximum absolute atomic E-state index is 13.4. The van der Waals surface area contributed by atoms with Gasteiger partial charge in [0.15, 0.2) is 17.1 Å². The van der Waals surface area contributed by atoms with Crippen molar-refractivity contribution in [3.8, 4) is 11.1 Å². The molecular formula is C25H21FN4O. The van der Waals surface area contributed by atoms with E-state index in [1.54, 1.807) is 16.6 Å². The Hall–Kier alpha value is -3.67. The van der Waals surface area contributed by atoms with Crippen LogP contribution >= 0.6 is 0 Å². The highest BCUT2D eigenvalue weighted by Crippen LogP contribution is 2.32. The average Bonchev–Trinajstić information content (AvgIpc) is 3.18. The van der Waals surface area contributed by atoms with E-state index < -0.39 is 0 Å². The van der Waals surface area contributed by atoms with E-state index in [1.165, 1.54) is 12.1 Å². The molecule has 0 N–H and O–H groups in total. The van der Waals surface area contributed by atoms with Crippen LogP contribution in [0.25, 0.3) is 22.9 Å². The van der Waals surface area contributed by atoms with Gasteiger partial charge in [-0.25, -0.2) is 8.91 Å². The number of fused-ring (bicyclic) bond motifs is 3. The molecule has 0 amide bonds. The minimum Gasteiger partial charge on any atom is -0.292 e. The maximum atomic E-state index is 13.4. The molecule has 5 nitrogen and oxygen atoms in total. The molecule has 0 unspecified atom stereocenters. The third kappa shape index (κ3) is 3.54. The average molecular weight is 412 g/mol. The van der Waals surface area contributed by atoms with E-state index in [-0.39, 0.29) is 17.5 Å². The molecule has 0 saturated heterocycles. The van der Waals surface area contributed by atoms with Gasteiger partial charge >= 0.3 is 0 Å². The summed E-state index contributed by atoms with van der Waals surface area (Å²) in [5.74, 6) is -0.244. The summed E-state index contributed by atoms with van der Waals surface area (Å²) in [6.07, 6.45) is 5.90. The standard InChI is InChI=1S/C25H21FN4O/c1-2-20-23(18-10-12-19(26)13-11-18)25-28-27-24-21(30(25)29-20)14-17(15-22(24)31)9-8-16-6-4-3-5-7-16/h3-13,17H,2,14-15H2,1H3/b9-8+/t17-/m0/s1. The smallest absolute Gasteiger partial charge is 0.185 e. The van der Waals surface area contributed by atoms with Crippen molar-refractivity contribution in [2.75, 3.05) is 0 Å². The summed E-state index contributed by atoms with van der Waals surface area (Å²) >= 11 is 0. The van der Waals surface area contributed by atoms with Gasteiger partial charge in [-0.3, -0.25) is 4.79 Å². The molecule has 2 aromatic carbocycles. The summed E-state index contributed by atoms with van der Waals surface area (Å²) in [4.78, 5) is 12.8. The molecule has 4 aromatic rings. The fourth-order valence-corrected chi connectivity index (χ4v) is 4.15. The molecule has 0 radical (unpaired) electrons. The highest BCUT2D eigenvalue weighted by Gasteiger charge is 2.30. The third-order valence-corrected chi connectivity index (χ3v) is 5.70. The van der Waals surface area contributed by atoms with Gasteiger partial charge in [-0.2, -0.15) is 5.10 Å². The molecule has 1 aliphatic carbocycles. The number of hydrogen-bond donors (Lipinski definition) is 0. The van der Waals surface area contributed by atoms with E-state index in [0.29, 0.717) is 30.6 Å². The molecule has 1 atom stereocenters. The zero-order valence-corrected chi connectivity index (χ0v) is 17.1. The van der Waals surface area contributed by atoms with E-state index in [0.717, 1.165) is 28.1 Å². The van der Waals surface area contributed by atoms with E-state index in [2.05, 4.69) is 22.3 Å². The van der Waals surface area contributed by atoms with Crippen LogP contribution in [0.3, 0.4) is 0 Å². The number of carbonyl (C=O) groups excluding carboxylic acids is 1. The number of carbonyl (C=O) groups is 1. The SMILES string of the molecule is CCc1nn2c3c(nnc2c1-c1ccc(F)cc1)C(=O)C[C@@H](/C=C/c1ccccc1)C3. The van der Waals surface area contributed by atoms with E-state index in [1.807, 2.05) is 37.3 Å². The lowest BCUT2D eigenvalue weighted by atomic mass is 9.88. The van der Waals surface area contributed by atoms with Crippen LogP contribution in [0, 0.1) is 11.7 Å². The Kier molecular flexibility index (Phi) is 4.90. The molecule has 0 bridgehead atoms. The molecule has 6 heteroatoms. The van der Waals surface area contributed by atoms with Gasteiger partial charge in [-0.1, -0.05) is 61.5 Å². The third-order valence-electron chi connectivity index (χ3n) is 5.70. The number of aryl methyl sites for hydroxylation is 1. The molecule has 154 valence electrons. The van der Waals surface area contributed by atoms with Gasteiger partial charge in [0.25, 0.3) is 0 Å². The summed E-state index contributed by atoms with van der Waals surface area (Å²) in [6.45, 7) is 2.02. The van der Waals surface area contributed by atoms with Crippen molar-refractivity contribution >= 4 is 17.5 Å². The maximum Gasteiger partial charge on any atom is 0.185 e. The fraction of sp³-hybridized carbons (Fsp3) is 0.200. The Morgan fingerprint density at radius 3 is 2.58 bits per heavy atom. The summed E-state index contributed by atoms with van der Waals surface area (Å²) in [7, 11) is 0. The highest BCUT2D eigenvalue weighted by molar-refractivity contribution is 5.97. The predicted octanol–water partition coefficient (Wildman–Crippen LogP) is 4.95. The number of halogens is 1. The topological polar surface area (TPSA) is 60.1 Å². The first-order valence-corrected chi connectivity index (χ1v) is 10.4. The molecule has 0 aliphatic heterocycles. The minimum absolute atomic E-state index is 0.0183. The number of hydrogen-bond acceptors (Lipinski definition) is 4. The molecular weight excluding hydrogens is 391 g/mol. The van der Waals surface area contributed by atoms with Crippen LogP contribution in [-0.4, -0.2) is 25.6 Å². The minimum atomic E-state index is -0.291. The monoisotopic (exact) mass is 412 g/mol. The summed E-state index contributed by atoms with van der Waals surface area (Å²) < 4.78 is 15.2. The van der Waals surface area contributed by atoms with Crippen molar-refractivity contribution in [1.29, 1.82) is 0 Å². The molecule has 1 aliphatic rings. The summed E-state index contributed by atoms with van der Waals surface area (Å²) in [6, 6.07) is 16.3. The van der Waals surface area contributed by atoms with Gasteiger partial charge in [0.1, 0.15) is 5.82 Å². The van der Waals surface area contributed by atoms with Crippen LogP contribution in [0.1, 0.15) is 40.8 Å². The molecule has 0 spiro atoms. The molecule has 2 heterocycles. The highest BCUT2D eigenvalue weighted by atomic mass is 19.1.